The summed E-state index contributed by atoms with van der Waals surface area (Å²) in [6, 6.07) is 12.9. The summed E-state index contributed by atoms with van der Waals surface area (Å²) in [4.78, 5) is 16.3. The van der Waals surface area contributed by atoms with Crippen molar-refractivity contribution in [3.05, 3.63) is 52.4 Å². The Morgan fingerprint density at radius 3 is 2.72 bits per heavy atom. The van der Waals surface area contributed by atoms with Gasteiger partial charge in [0, 0.05) is 16.0 Å². The number of carbonyl (C=O) groups excluding carboxylic acids is 1. The number of aromatic amines is 1. The lowest BCUT2D eigenvalue weighted by molar-refractivity contribution is -0.410. The predicted octanol–water partition coefficient (Wildman–Crippen LogP) is 3.26. The first-order valence-corrected chi connectivity index (χ1v) is 10.3. The van der Waals surface area contributed by atoms with Crippen molar-refractivity contribution in [3.63, 3.8) is 0 Å². The number of fused-ring (bicyclic) bond motifs is 1. The van der Waals surface area contributed by atoms with Crippen LogP contribution in [0.4, 0.5) is 5.82 Å². The molecule has 1 aliphatic heterocycles. The third-order valence-corrected chi connectivity index (χ3v) is 6.17. The van der Waals surface area contributed by atoms with Gasteiger partial charge in [0.05, 0.1) is 5.75 Å². The van der Waals surface area contributed by atoms with Gasteiger partial charge in [0.1, 0.15) is 17.7 Å². The topological polar surface area (TPSA) is 123 Å². The fourth-order valence-electron chi connectivity index (χ4n) is 2.91. The van der Waals surface area contributed by atoms with Crippen LogP contribution in [0.3, 0.4) is 0 Å². The van der Waals surface area contributed by atoms with Gasteiger partial charge in [-0.25, -0.2) is 4.98 Å². The number of nitrogens with two attached hydrogens (primary N) is 1. The Morgan fingerprint density at radius 1 is 1.21 bits per heavy atom. The minimum atomic E-state index is -0.133. The van der Waals surface area contributed by atoms with Crippen LogP contribution < -0.4 is 20.2 Å². The monoisotopic (exact) mass is 421 g/mol. The number of anilines is 1. The van der Waals surface area contributed by atoms with Gasteiger partial charge in [0.2, 0.25) is 6.79 Å². The summed E-state index contributed by atoms with van der Waals surface area (Å²) < 4.78 is 10.6. The second-order valence-electron chi connectivity index (χ2n) is 5.97. The molecule has 0 saturated carbocycles. The number of nitriles is 2. The van der Waals surface area contributed by atoms with Crippen LogP contribution in [0, 0.1) is 22.7 Å². The van der Waals surface area contributed by atoms with Crippen molar-refractivity contribution >= 4 is 34.7 Å². The van der Waals surface area contributed by atoms with Crippen LogP contribution in [0.15, 0.2) is 40.7 Å². The summed E-state index contributed by atoms with van der Waals surface area (Å²) in [5.41, 5.74) is 7.51. The van der Waals surface area contributed by atoms with E-state index in [2.05, 4.69) is 17.1 Å². The Kier molecular flexibility index (Phi) is 5.09. The molecule has 1 aromatic carbocycles. The van der Waals surface area contributed by atoms with Gasteiger partial charge < -0.3 is 9.47 Å². The number of ketones is 1. The molecule has 3 heterocycles. The maximum Gasteiger partial charge on any atom is 0.289 e. The standard InChI is InChI=1S/C20H12N4O3S2/c21-7-12-18(17-2-1-5-28-17)13(8-22)20(24-19(12)23)29-9-14(25)11-3-4-15-16(6-11)27-10-26-15/h1-6H,9-10H2,(H2,23,24)/p+1. The maximum atomic E-state index is 12.6. The predicted molar refractivity (Wildman–Crippen MR) is 108 cm³/mol. The smallest absolute Gasteiger partial charge is 0.289 e. The number of nitrogen functional groups attached to an aromatic ring is 1. The number of Topliss-reactive ketones (excluding diaryl/α,β-unsaturated/α-hetero) is 1. The minimum Gasteiger partial charge on any atom is -0.454 e. The third-order valence-electron chi connectivity index (χ3n) is 4.28. The number of nitrogens with zero attached hydrogens (tertiary/aromatic N) is 2. The van der Waals surface area contributed by atoms with Crippen molar-refractivity contribution in [1.29, 1.82) is 10.5 Å². The molecule has 29 heavy (non-hydrogen) atoms. The molecule has 2 aromatic heterocycles. The highest BCUT2D eigenvalue weighted by Crippen LogP contribution is 2.36. The molecule has 3 aromatic rings. The highest BCUT2D eigenvalue weighted by atomic mass is 32.2. The number of thioether (sulfide) groups is 1. The molecular weight excluding hydrogens is 408 g/mol. The van der Waals surface area contributed by atoms with E-state index in [1.54, 1.807) is 18.2 Å². The van der Waals surface area contributed by atoms with Gasteiger partial charge >= 0.3 is 0 Å². The first kappa shape index (κ1) is 18.8. The van der Waals surface area contributed by atoms with Crippen LogP contribution in [-0.4, -0.2) is 18.3 Å². The molecule has 0 fully saturated rings. The van der Waals surface area contributed by atoms with Crippen molar-refractivity contribution in [2.24, 2.45) is 0 Å². The molecule has 0 radical (unpaired) electrons. The van der Waals surface area contributed by atoms with Crippen LogP contribution in [0.1, 0.15) is 21.5 Å². The molecule has 142 valence electrons. The SMILES string of the molecule is N#Cc1c(N)[nH+]c(SCC(=O)c2ccc3c(c2)OCO3)c(C#N)c1-c1cccs1. The van der Waals surface area contributed by atoms with Crippen LogP contribution in [-0.2, 0) is 0 Å². The number of pyridine rings is 1. The number of aromatic nitrogens is 1. The van der Waals surface area contributed by atoms with Crippen molar-refractivity contribution < 1.29 is 19.3 Å². The molecule has 4 rings (SSSR count). The van der Waals surface area contributed by atoms with E-state index >= 15 is 0 Å². The molecule has 0 amide bonds. The number of nitrogens with one attached hydrogen (secondary N) is 1. The van der Waals surface area contributed by atoms with Crippen molar-refractivity contribution in [2.45, 2.75) is 5.03 Å². The number of hydrogen-bond donors (Lipinski definition) is 1. The van der Waals surface area contributed by atoms with E-state index in [1.165, 1.54) is 23.1 Å². The van der Waals surface area contributed by atoms with E-state index in [9.17, 15) is 15.3 Å². The van der Waals surface area contributed by atoms with Crippen LogP contribution >= 0.6 is 23.1 Å². The number of thiophene rings is 1. The van der Waals surface area contributed by atoms with Crippen molar-refractivity contribution in [2.75, 3.05) is 18.3 Å². The zero-order valence-electron chi connectivity index (χ0n) is 14.9. The maximum absolute atomic E-state index is 12.6. The van der Waals surface area contributed by atoms with E-state index in [1.807, 2.05) is 17.5 Å². The van der Waals surface area contributed by atoms with Gasteiger partial charge in [-0.3, -0.25) is 10.5 Å². The third kappa shape index (κ3) is 3.49. The fraction of sp³-hybridized carbons (Fsp3) is 0.100. The number of ether oxygens (including phenoxy) is 2. The average Bonchev–Trinajstić information content (AvgIpc) is 3.42. The second-order valence-corrected chi connectivity index (χ2v) is 7.91. The molecule has 0 unspecified atom stereocenters. The fourth-order valence-corrected chi connectivity index (χ4v) is 4.61. The number of rotatable bonds is 5. The molecule has 3 N–H and O–H groups in total. The largest absolute Gasteiger partial charge is 0.454 e. The Balaban J connectivity index is 1.65. The van der Waals surface area contributed by atoms with Gasteiger partial charge in [-0.05, 0) is 29.6 Å². The highest BCUT2D eigenvalue weighted by molar-refractivity contribution is 7.99. The molecule has 9 heteroatoms. The van der Waals surface area contributed by atoms with E-state index in [-0.39, 0.29) is 29.7 Å². The van der Waals surface area contributed by atoms with E-state index < -0.39 is 0 Å². The first-order valence-electron chi connectivity index (χ1n) is 8.41. The van der Waals surface area contributed by atoms with Gasteiger partial charge in [-0.15, -0.1) is 11.3 Å². The number of carbonyl (C=O) groups is 1. The minimum absolute atomic E-state index is 0.0834. The lowest BCUT2D eigenvalue weighted by Crippen LogP contribution is -2.19. The normalized spacial score (nSPS) is 11.7. The van der Waals surface area contributed by atoms with E-state index in [0.29, 0.717) is 33.2 Å². The van der Waals surface area contributed by atoms with Crippen LogP contribution in [0.5, 0.6) is 11.5 Å². The van der Waals surface area contributed by atoms with Crippen LogP contribution in [0.25, 0.3) is 10.4 Å². The summed E-state index contributed by atoms with van der Waals surface area (Å²) in [6.45, 7) is 0.137. The number of H-pyrrole nitrogens is 1. The Labute approximate surface area is 174 Å². The van der Waals surface area contributed by atoms with E-state index in [4.69, 9.17) is 15.2 Å². The zero-order valence-corrected chi connectivity index (χ0v) is 16.5. The molecule has 0 atom stereocenters. The molecule has 1 aliphatic rings. The summed E-state index contributed by atoms with van der Waals surface area (Å²) in [7, 11) is 0. The van der Waals surface area contributed by atoms with Crippen molar-refractivity contribution in [1.82, 2.24) is 0 Å². The molecule has 7 nitrogen and oxygen atoms in total. The Bertz CT molecular complexity index is 1190. The molecular formula is C20H13N4O3S2+. The molecule has 0 saturated heterocycles. The molecule has 0 aliphatic carbocycles. The summed E-state index contributed by atoms with van der Waals surface area (Å²) in [6.07, 6.45) is 0. The lowest BCUT2D eigenvalue weighted by atomic mass is 10.0. The lowest BCUT2D eigenvalue weighted by Gasteiger charge is -2.08. The van der Waals surface area contributed by atoms with Crippen molar-refractivity contribution in [3.8, 4) is 34.1 Å². The Hall–Kier alpha value is -3.53. The van der Waals surface area contributed by atoms with Gasteiger partial charge in [-0.2, -0.15) is 10.5 Å². The summed E-state index contributed by atoms with van der Waals surface area (Å²) >= 11 is 2.58. The Morgan fingerprint density at radius 2 is 2.00 bits per heavy atom. The number of hydrogen-bond acceptors (Lipinski definition) is 8. The van der Waals surface area contributed by atoms with Gasteiger partial charge in [0.15, 0.2) is 27.9 Å². The zero-order chi connectivity index (χ0) is 20.4. The quantitative estimate of drug-likeness (QED) is 0.495. The first-order chi connectivity index (χ1) is 14.1. The van der Waals surface area contributed by atoms with Gasteiger partial charge in [0.25, 0.3) is 5.82 Å². The highest BCUT2D eigenvalue weighted by Gasteiger charge is 2.25. The second kappa shape index (κ2) is 7.84. The average molecular weight is 421 g/mol. The van der Waals surface area contributed by atoms with Gasteiger partial charge in [-0.1, -0.05) is 17.8 Å². The molecule has 0 bridgehead atoms. The number of benzene rings is 1. The summed E-state index contributed by atoms with van der Waals surface area (Å²) in [5.74, 6) is 1.25. The van der Waals surface area contributed by atoms with E-state index in [0.717, 1.165) is 4.88 Å². The molecule has 0 spiro atoms. The summed E-state index contributed by atoms with van der Waals surface area (Å²) in [5, 5.41) is 21.6. The van der Waals surface area contributed by atoms with Crippen LogP contribution in [0.2, 0.25) is 0 Å².